The Balaban J connectivity index is 4.11. The summed E-state index contributed by atoms with van der Waals surface area (Å²) in [6, 6.07) is 0.986. The van der Waals surface area contributed by atoms with Gasteiger partial charge < -0.3 is 24.0 Å². The van der Waals surface area contributed by atoms with E-state index in [2.05, 4.69) is 63.4 Å². The zero-order chi connectivity index (χ0) is 18.9. The maximum absolute atomic E-state index is 9.67. The van der Waals surface area contributed by atoms with E-state index in [1.807, 2.05) is 0 Å². The van der Waals surface area contributed by atoms with Crippen molar-refractivity contribution in [1.29, 1.82) is 0 Å². The molecule has 8 heteroatoms. The minimum Gasteiger partial charge on any atom is -0.437 e. The highest BCUT2D eigenvalue weighted by Crippen LogP contribution is 2.23. The molecule has 0 radical (unpaired) electrons. The molecule has 3 N–H and O–H groups in total. The SMILES string of the molecule is CCCC(O)CNCCNCC[Si](C)(O[Si](C)(C)C)O[Si](C)(C)C. The molecular weight excluding hydrogens is 352 g/mol. The van der Waals surface area contributed by atoms with Crippen LogP contribution in [0.5, 0.6) is 0 Å². The number of hydrogen-bond donors (Lipinski definition) is 3. The van der Waals surface area contributed by atoms with Gasteiger partial charge in [-0.05, 0) is 58.8 Å². The Bertz CT molecular complexity index is 318. The van der Waals surface area contributed by atoms with Crippen molar-refractivity contribution in [2.24, 2.45) is 0 Å². The van der Waals surface area contributed by atoms with Crippen LogP contribution in [0.2, 0.25) is 51.9 Å². The summed E-state index contributed by atoms with van der Waals surface area (Å²) in [5, 5.41) is 16.4. The lowest BCUT2D eigenvalue weighted by atomic mass is 10.2. The van der Waals surface area contributed by atoms with Gasteiger partial charge in [0.05, 0.1) is 6.10 Å². The van der Waals surface area contributed by atoms with Crippen LogP contribution in [0.4, 0.5) is 0 Å². The topological polar surface area (TPSA) is 62.8 Å². The van der Waals surface area contributed by atoms with Crippen LogP contribution in [0.25, 0.3) is 0 Å². The Hall–Kier alpha value is 0.451. The Labute approximate surface area is 153 Å². The highest BCUT2D eigenvalue weighted by Gasteiger charge is 2.39. The van der Waals surface area contributed by atoms with Gasteiger partial charge in [-0.3, -0.25) is 0 Å². The molecule has 0 saturated carbocycles. The summed E-state index contributed by atoms with van der Waals surface area (Å²) in [6.45, 7) is 21.2. The highest BCUT2D eigenvalue weighted by atomic mass is 28.5. The van der Waals surface area contributed by atoms with Crippen molar-refractivity contribution < 1.29 is 13.3 Å². The lowest BCUT2D eigenvalue weighted by Gasteiger charge is -2.38. The third-order valence-corrected chi connectivity index (χ3v) is 12.8. The summed E-state index contributed by atoms with van der Waals surface area (Å²) < 4.78 is 13.0. The Morgan fingerprint density at radius 1 is 0.833 bits per heavy atom. The fourth-order valence-corrected chi connectivity index (χ4v) is 15.1. The van der Waals surface area contributed by atoms with Crippen molar-refractivity contribution in [3.05, 3.63) is 0 Å². The van der Waals surface area contributed by atoms with E-state index in [4.69, 9.17) is 8.23 Å². The second-order valence-corrected chi connectivity index (χ2v) is 21.6. The maximum Gasteiger partial charge on any atom is 0.315 e. The van der Waals surface area contributed by atoms with Gasteiger partial charge in [0, 0.05) is 25.7 Å². The first-order valence-electron chi connectivity index (χ1n) is 9.37. The van der Waals surface area contributed by atoms with Crippen LogP contribution in [0.3, 0.4) is 0 Å². The number of aliphatic hydroxyl groups excluding tert-OH is 1. The Morgan fingerprint density at radius 2 is 1.33 bits per heavy atom. The summed E-state index contributed by atoms with van der Waals surface area (Å²) in [5.74, 6) is 0. The zero-order valence-corrected chi connectivity index (χ0v) is 20.3. The summed E-state index contributed by atoms with van der Waals surface area (Å²) in [7, 11) is -5.32. The van der Waals surface area contributed by atoms with E-state index in [1.54, 1.807) is 0 Å². The molecule has 0 aromatic carbocycles. The van der Waals surface area contributed by atoms with E-state index in [0.29, 0.717) is 6.54 Å². The van der Waals surface area contributed by atoms with Crippen LogP contribution in [0.15, 0.2) is 0 Å². The predicted molar refractivity (Wildman–Crippen MR) is 112 cm³/mol. The third-order valence-electron chi connectivity index (χ3n) is 3.28. The van der Waals surface area contributed by atoms with Crippen LogP contribution in [0.1, 0.15) is 19.8 Å². The molecule has 0 aromatic rings. The smallest absolute Gasteiger partial charge is 0.315 e. The van der Waals surface area contributed by atoms with Crippen LogP contribution >= 0.6 is 0 Å². The van der Waals surface area contributed by atoms with Gasteiger partial charge in [0.1, 0.15) is 0 Å². The van der Waals surface area contributed by atoms with Gasteiger partial charge in [-0.1, -0.05) is 13.3 Å². The number of aliphatic hydroxyl groups is 1. The molecule has 0 aliphatic rings. The molecule has 0 bridgehead atoms. The molecule has 0 heterocycles. The van der Waals surface area contributed by atoms with Gasteiger partial charge in [0.15, 0.2) is 16.6 Å². The maximum atomic E-state index is 9.67. The van der Waals surface area contributed by atoms with Crippen molar-refractivity contribution in [1.82, 2.24) is 10.6 Å². The van der Waals surface area contributed by atoms with Gasteiger partial charge in [-0.15, -0.1) is 0 Å². The van der Waals surface area contributed by atoms with Gasteiger partial charge in [0.25, 0.3) is 0 Å². The van der Waals surface area contributed by atoms with Crippen molar-refractivity contribution in [2.45, 2.75) is 77.7 Å². The van der Waals surface area contributed by atoms with Gasteiger partial charge in [-0.2, -0.15) is 0 Å². The molecule has 24 heavy (non-hydrogen) atoms. The molecule has 0 aliphatic heterocycles. The van der Waals surface area contributed by atoms with Gasteiger partial charge >= 0.3 is 8.56 Å². The Morgan fingerprint density at radius 3 is 1.79 bits per heavy atom. The molecule has 0 amide bonds. The van der Waals surface area contributed by atoms with Crippen molar-refractivity contribution in [3.8, 4) is 0 Å². The second-order valence-electron chi connectivity index (χ2n) is 8.71. The first kappa shape index (κ1) is 24.5. The predicted octanol–water partition coefficient (Wildman–Crippen LogP) is 3.10. The Kier molecular flexibility index (Phi) is 11.4. The van der Waals surface area contributed by atoms with Crippen molar-refractivity contribution in [3.63, 3.8) is 0 Å². The van der Waals surface area contributed by atoms with Crippen LogP contribution in [-0.4, -0.2) is 62.6 Å². The monoisotopic (exact) mass is 394 g/mol. The fraction of sp³-hybridized carbons (Fsp3) is 1.00. The van der Waals surface area contributed by atoms with Crippen LogP contribution < -0.4 is 10.6 Å². The lowest BCUT2D eigenvalue weighted by molar-refractivity contribution is 0.161. The lowest BCUT2D eigenvalue weighted by Crippen LogP contribution is -2.53. The molecule has 0 aliphatic carbocycles. The molecule has 1 unspecified atom stereocenters. The molecule has 0 aromatic heterocycles. The minimum absolute atomic E-state index is 0.221. The normalized spacial score (nSPS) is 14.9. The fourth-order valence-electron chi connectivity index (χ4n) is 2.74. The van der Waals surface area contributed by atoms with Crippen LogP contribution in [-0.2, 0) is 8.23 Å². The van der Waals surface area contributed by atoms with E-state index in [-0.39, 0.29) is 6.10 Å². The van der Waals surface area contributed by atoms with E-state index in [1.165, 1.54) is 0 Å². The summed E-state index contributed by atoms with van der Waals surface area (Å²) >= 11 is 0. The average molecular weight is 395 g/mol. The summed E-state index contributed by atoms with van der Waals surface area (Å²) in [5.41, 5.74) is 0. The molecule has 0 spiro atoms. The van der Waals surface area contributed by atoms with E-state index >= 15 is 0 Å². The van der Waals surface area contributed by atoms with E-state index in [0.717, 1.165) is 38.5 Å². The molecule has 0 fully saturated rings. The van der Waals surface area contributed by atoms with Gasteiger partial charge in [-0.25, -0.2) is 0 Å². The van der Waals surface area contributed by atoms with Crippen molar-refractivity contribution >= 4 is 25.2 Å². The first-order chi connectivity index (χ1) is 10.9. The summed E-state index contributed by atoms with van der Waals surface area (Å²) in [4.78, 5) is 0. The van der Waals surface area contributed by atoms with Crippen molar-refractivity contribution in [2.75, 3.05) is 26.2 Å². The third kappa shape index (κ3) is 14.8. The second kappa shape index (κ2) is 11.2. The standard InChI is InChI=1S/C16H42N2O3Si3/c1-9-10-16(19)15-18-12-11-17-13-14-24(8,20-22(2,3)4)21-23(5,6)7/h16-19H,9-15H2,1-8H3. The molecular formula is C16H42N2O3Si3. The number of nitrogens with one attached hydrogen (secondary N) is 2. The van der Waals surface area contributed by atoms with Gasteiger partial charge in [0.2, 0.25) is 0 Å². The zero-order valence-electron chi connectivity index (χ0n) is 17.3. The number of hydrogen-bond acceptors (Lipinski definition) is 5. The largest absolute Gasteiger partial charge is 0.437 e. The highest BCUT2D eigenvalue weighted by molar-refractivity contribution is 6.87. The number of rotatable bonds is 14. The molecule has 5 nitrogen and oxygen atoms in total. The molecule has 146 valence electrons. The minimum atomic E-state index is -2.12. The summed E-state index contributed by atoms with van der Waals surface area (Å²) in [6.07, 6.45) is 1.67. The molecule has 1 atom stereocenters. The first-order valence-corrected chi connectivity index (χ1v) is 18.7. The average Bonchev–Trinajstić information content (AvgIpc) is 2.33. The molecule has 0 rings (SSSR count). The van der Waals surface area contributed by atoms with E-state index < -0.39 is 25.2 Å². The quantitative estimate of drug-likeness (QED) is 0.312. The van der Waals surface area contributed by atoms with E-state index in [9.17, 15) is 5.11 Å². The van der Waals surface area contributed by atoms with Crippen LogP contribution in [0, 0.1) is 0 Å². The molecule has 0 saturated heterocycles.